The van der Waals surface area contributed by atoms with E-state index in [2.05, 4.69) is 5.10 Å². The Morgan fingerprint density at radius 3 is 2.36 bits per heavy atom. The zero-order valence-corrected chi connectivity index (χ0v) is 18.6. The SMILES string of the molecule is CCOc1cc(C=NN2C(=O)C3C4C=CC(C4)C3C2=O)ccc1OC(=O)c1ccc(Cl)cc1. The van der Waals surface area contributed by atoms with Gasteiger partial charge >= 0.3 is 5.97 Å². The van der Waals surface area contributed by atoms with Gasteiger partial charge in [0.05, 0.1) is 30.2 Å². The van der Waals surface area contributed by atoms with Gasteiger partial charge in [0, 0.05) is 5.02 Å². The van der Waals surface area contributed by atoms with Gasteiger partial charge in [0.25, 0.3) is 11.8 Å². The number of imide groups is 1. The molecule has 4 unspecified atom stereocenters. The molecule has 3 aliphatic rings. The van der Waals surface area contributed by atoms with Crippen LogP contribution in [0, 0.1) is 23.7 Å². The fourth-order valence-electron chi connectivity index (χ4n) is 4.83. The monoisotopic (exact) mass is 464 g/mol. The zero-order chi connectivity index (χ0) is 23.1. The number of benzene rings is 2. The molecule has 1 saturated heterocycles. The van der Waals surface area contributed by atoms with Crippen LogP contribution in [-0.2, 0) is 9.59 Å². The van der Waals surface area contributed by atoms with E-state index in [1.54, 1.807) is 42.5 Å². The van der Waals surface area contributed by atoms with Crippen LogP contribution in [0.4, 0.5) is 0 Å². The lowest BCUT2D eigenvalue weighted by Crippen LogP contribution is -2.28. The average molecular weight is 465 g/mol. The maximum Gasteiger partial charge on any atom is 0.343 e. The molecule has 5 rings (SSSR count). The Morgan fingerprint density at radius 2 is 1.73 bits per heavy atom. The summed E-state index contributed by atoms with van der Waals surface area (Å²) in [5.74, 6) is -0.741. The van der Waals surface area contributed by atoms with Crippen molar-refractivity contribution in [3.63, 3.8) is 0 Å². The Balaban J connectivity index is 1.33. The molecule has 2 aromatic rings. The molecule has 168 valence electrons. The molecule has 1 heterocycles. The summed E-state index contributed by atoms with van der Waals surface area (Å²) in [4.78, 5) is 38.0. The number of allylic oxidation sites excluding steroid dienone is 2. The van der Waals surface area contributed by atoms with Gasteiger partial charge in [-0.2, -0.15) is 10.1 Å². The van der Waals surface area contributed by atoms with Gasteiger partial charge < -0.3 is 9.47 Å². The molecule has 2 aromatic carbocycles. The summed E-state index contributed by atoms with van der Waals surface area (Å²) >= 11 is 5.87. The molecule has 1 saturated carbocycles. The molecule has 0 aromatic heterocycles. The highest BCUT2D eigenvalue weighted by atomic mass is 35.5. The second-order valence-electron chi connectivity index (χ2n) is 8.27. The molecule has 0 N–H and O–H groups in total. The fraction of sp³-hybridized carbons (Fsp3) is 0.280. The molecule has 7 nitrogen and oxygen atoms in total. The normalized spacial score (nSPS) is 25.2. The number of fused-ring (bicyclic) bond motifs is 5. The highest BCUT2D eigenvalue weighted by molar-refractivity contribution is 6.30. The average Bonchev–Trinajstić information content (AvgIpc) is 3.49. The van der Waals surface area contributed by atoms with E-state index in [1.165, 1.54) is 6.21 Å². The van der Waals surface area contributed by atoms with Gasteiger partial charge in [-0.1, -0.05) is 23.8 Å². The highest BCUT2D eigenvalue weighted by Crippen LogP contribution is 2.52. The summed E-state index contributed by atoms with van der Waals surface area (Å²) < 4.78 is 11.1. The van der Waals surface area contributed by atoms with Crippen LogP contribution in [0.1, 0.15) is 29.3 Å². The fourth-order valence-corrected chi connectivity index (χ4v) is 4.95. The molecule has 2 aliphatic carbocycles. The predicted octanol–water partition coefficient (Wildman–Crippen LogP) is 4.10. The van der Waals surface area contributed by atoms with Crippen molar-refractivity contribution < 1.29 is 23.9 Å². The van der Waals surface area contributed by atoms with E-state index in [-0.39, 0.29) is 41.2 Å². The third kappa shape index (κ3) is 3.82. The molecule has 4 atom stereocenters. The van der Waals surface area contributed by atoms with E-state index in [4.69, 9.17) is 21.1 Å². The Kier molecular flexibility index (Phi) is 5.50. The van der Waals surface area contributed by atoms with Crippen molar-refractivity contribution in [3.05, 3.63) is 70.8 Å². The summed E-state index contributed by atoms with van der Waals surface area (Å²) in [7, 11) is 0. The largest absolute Gasteiger partial charge is 0.490 e. The maximum absolute atomic E-state index is 12.8. The number of rotatable bonds is 6. The molecule has 0 spiro atoms. The summed E-state index contributed by atoms with van der Waals surface area (Å²) in [5, 5.41) is 5.71. The minimum absolute atomic E-state index is 0.135. The lowest BCUT2D eigenvalue weighted by molar-refractivity contribution is -0.140. The van der Waals surface area contributed by atoms with Crippen molar-refractivity contribution in [2.24, 2.45) is 28.8 Å². The quantitative estimate of drug-likeness (QED) is 0.211. The Bertz CT molecular complexity index is 1160. The molecule has 0 radical (unpaired) electrons. The predicted molar refractivity (Wildman–Crippen MR) is 121 cm³/mol. The number of hydrazone groups is 1. The number of nitrogens with zero attached hydrogens (tertiary/aromatic N) is 2. The molecule has 1 aliphatic heterocycles. The molecular weight excluding hydrogens is 444 g/mol. The van der Waals surface area contributed by atoms with E-state index >= 15 is 0 Å². The van der Waals surface area contributed by atoms with Crippen LogP contribution in [0.25, 0.3) is 0 Å². The molecule has 2 bridgehead atoms. The van der Waals surface area contributed by atoms with Crippen molar-refractivity contribution in [2.45, 2.75) is 13.3 Å². The Morgan fingerprint density at radius 1 is 1.06 bits per heavy atom. The van der Waals surface area contributed by atoms with Crippen molar-refractivity contribution in [1.29, 1.82) is 0 Å². The number of hydrogen-bond acceptors (Lipinski definition) is 6. The third-order valence-corrected chi connectivity index (χ3v) is 6.57. The smallest absolute Gasteiger partial charge is 0.343 e. The molecule has 2 amide bonds. The first-order chi connectivity index (χ1) is 16.0. The van der Waals surface area contributed by atoms with Crippen LogP contribution in [0.2, 0.25) is 5.02 Å². The van der Waals surface area contributed by atoms with Crippen LogP contribution in [0.3, 0.4) is 0 Å². The molecule has 33 heavy (non-hydrogen) atoms. The van der Waals surface area contributed by atoms with E-state index in [0.29, 0.717) is 28.5 Å². The summed E-state index contributed by atoms with van der Waals surface area (Å²) in [6.07, 6.45) is 6.41. The maximum atomic E-state index is 12.8. The van der Waals surface area contributed by atoms with Gasteiger partial charge in [0.2, 0.25) is 0 Å². The topological polar surface area (TPSA) is 85.3 Å². The Labute approximate surface area is 195 Å². The van der Waals surface area contributed by atoms with Crippen LogP contribution in [0.15, 0.2) is 59.7 Å². The third-order valence-electron chi connectivity index (χ3n) is 6.32. The minimum Gasteiger partial charge on any atom is -0.490 e. The van der Waals surface area contributed by atoms with E-state index in [9.17, 15) is 14.4 Å². The lowest BCUT2D eigenvalue weighted by atomic mass is 9.85. The van der Waals surface area contributed by atoms with Gasteiger partial charge in [0.1, 0.15) is 0 Å². The number of carbonyl (C=O) groups is 3. The van der Waals surface area contributed by atoms with Crippen LogP contribution in [0.5, 0.6) is 11.5 Å². The summed E-state index contributed by atoms with van der Waals surface area (Å²) in [5.41, 5.74) is 0.955. The number of ether oxygens (including phenoxy) is 2. The first-order valence-electron chi connectivity index (χ1n) is 10.8. The van der Waals surface area contributed by atoms with Gasteiger partial charge in [0.15, 0.2) is 11.5 Å². The van der Waals surface area contributed by atoms with Crippen molar-refractivity contribution >= 4 is 35.6 Å². The highest BCUT2D eigenvalue weighted by Gasteiger charge is 2.59. The minimum atomic E-state index is -0.544. The molecule has 8 heteroatoms. The van der Waals surface area contributed by atoms with Crippen LogP contribution >= 0.6 is 11.6 Å². The zero-order valence-electron chi connectivity index (χ0n) is 17.8. The number of esters is 1. The summed E-state index contributed by atoms with van der Waals surface area (Å²) in [6, 6.07) is 11.3. The number of carbonyl (C=O) groups excluding carboxylic acids is 3. The van der Waals surface area contributed by atoms with Crippen LogP contribution < -0.4 is 9.47 Å². The van der Waals surface area contributed by atoms with E-state index in [1.807, 2.05) is 19.1 Å². The Hall–Kier alpha value is -3.45. The van der Waals surface area contributed by atoms with Crippen LogP contribution in [-0.4, -0.2) is 35.6 Å². The van der Waals surface area contributed by atoms with E-state index in [0.717, 1.165) is 11.4 Å². The van der Waals surface area contributed by atoms with Crippen molar-refractivity contribution in [3.8, 4) is 11.5 Å². The van der Waals surface area contributed by atoms with Gasteiger partial charge in [-0.15, -0.1) is 0 Å². The van der Waals surface area contributed by atoms with Crippen molar-refractivity contribution in [1.82, 2.24) is 5.01 Å². The second-order valence-corrected chi connectivity index (χ2v) is 8.70. The summed E-state index contributed by atoms with van der Waals surface area (Å²) in [6.45, 7) is 2.17. The molecular formula is C25H21ClN2O5. The van der Waals surface area contributed by atoms with Gasteiger partial charge in [-0.25, -0.2) is 4.79 Å². The lowest BCUT2D eigenvalue weighted by Gasteiger charge is -2.13. The number of halogens is 1. The van der Waals surface area contributed by atoms with Gasteiger partial charge in [-0.3, -0.25) is 9.59 Å². The first kappa shape index (κ1) is 21.4. The van der Waals surface area contributed by atoms with Gasteiger partial charge in [-0.05, 0) is 73.2 Å². The first-order valence-corrected chi connectivity index (χ1v) is 11.2. The second kappa shape index (κ2) is 8.48. The number of amides is 2. The van der Waals surface area contributed by atoms with Crippen molar-refractivity contribution in [2.75, 3.05) is 6.61 Å². The number of hydrogen-bond donors (Lipinski definition) is 0. The van der Waals surface area contributed by atoms with E-state index < -0.39 is 5.97 Å². The standard InChI is InChI=1S/C25H21ClN2O5/c1-2-32-20-11-14(3-10-19(20)33-25(31)15-6-8-18(26)9-7-15)13-27-28-23(29)21-16-4-5-17(12-16)22(21)24(28)30/h3-11,13,16-17,21-22H,2,12H2,1H3. The molecule has 2 fully saturated rings.